The van der Waals surface area contributed by atoms with Crippen molar-refractivity contribution in [2.75, 3.05) is 27.4 Å². The molecular weight excluding hydrogens is 286 g/mol. The molecule has 1 aliphatic rings. The summed E-state index contributed by atoms with van der Waals surface area (Å²) in [5.74, 6) is 0.840. The normalized spacial score (nSPS) is 20.7. The Morgan fingerprint density at radius 3 is 2.43 bits per heavy atom. The zero-order chi connectivity index (χ0) is 15.2. The lowest BCUT2D eigenvalue weighted by atomic mass is 10.0. The maximum Gasteiger partial charge on any atom is 0.118 e. The smallest absolute Gasteiger partial charge is 0.118 e. The fourth-order valence-electron chi connectivity index (χ4n) is 2.83. The van der Waals surface area contributed by atoms with E-state index < -0.39 is 10.8 Å². The summed E-state index contributed by atoms with van der Waals surface area (Å²) in [4.78, 5) is 0. The van der Waals surface area contributed by atoms with E-state index in [1.54, 1.807) is 7.11 Å². The Morgan fingerprint density at radius 1 is 1.29 bits per heavy atom. The summed E-state index contributed by atoms with van der Waals surface area (Å²) in [6.45, 7) is 3.53. The van der Waals surface area contributed by atoms with Crippen molar-refractivity contribution < 1.29 is 13.7 Å². The molecule has 3 atom stereocenters. The summed E-state index contributed by atoms with van der Waals surface area (Å²) < 4.78 is 23.3. The summed E-state index contributed by atoms with van der Waals surface area (Å²) in [6.07, 6.45) is 1.80. The molecule has 1 heterocycles. The SMILES string of the molecule is CNC(c1ccc(OC)cc1)C(C)S(=O)C1CCOCC1. The molecule has 0 amide bonds. The number of methoxy groups -OCH3 is 1. The lowest BCUT2D eigenvalue weighted by molar-refractivity contribution is 0.0990. The van der Waals surface area contributed by atoms with E-state index in [2.05, 4.69) is 12.2 Å². The first-order valence-corrected chi connectivity index (χ1v) is 8.73. The van der Waals surface area contributed by atoms with Gasteiger partial charge in [0.05, 0.1) is 12.4 Å². The Bertz CT molecular complexity index is 457. The van der Waals surface area contributed by atoms with Gasteiger partial charge in [-0.25, -0.2) is 0 Å². The van der Waals surface area contributed by atoms with Crippen LogP contribution in [0.4, 0.5) is 0 Å². The summed E-state index contributed by atoms with van der Waals surface area (Å²) in [6, 6.07) is 8.06. The van der Waals surface area contributed by atoms with Crippen molar-refractivity contribution >= 4 is 10.8 Å². The Hall–Kier alpha value is -0.910. The Kier molecular flexibility index (Phi) is 6.21. The topological polar surface area (TPSA) is 47.6 Å². The van der Waals surface area contributed by atoms with Crippen LogP contribution in [0.1, 0.15) is 31.4 Å². The van der Waals surface area contributed by atoms with Gasteiger partial charge < -0.3 is 14.8 Å². The van der Waals surface area contributed by atoms with Gasteiger partial charge in [0.25, 0.3) is 0 Å². The second-order valence-electron chi connectivity index (χ2n) is 5.38. The van der Waals surface area contributed by atoms with Gasteiger partial charge in [-0.05, 0) is 44.5 Å². The van der Waals surface area contributed by atoms with E-state index in [4.69, 9.17) is 9.47 Å². The highest BCUT2D eigenvalue weighted by atomic mass is 32.2. The molecule has 0 saturated carbocycles. The molecule has 1 aromatic carbocycles. The molecule has 118 valence electrons. The van der Waals surface area contributed by atoms with Gasteiger partial charge in [0, 0.05) is 35.3 Å². The first-order valence-electron chi connectivity index (χ1n) is 7.45. The van der Waals surface area contributed by atoms with Gasteiger partial charge >= 0.3 is 0 Å². The largest absolute Gasteiger partial charge is 0.497 e. The highest BCUT2D eigenvalue weighted by Gasteiger charge is 2.29. The summed E-state index contributed by atoms with van der Waals surface area (Å²) in [5.41, 5.74) is 1.14. The van der Waals surface area contributed by atoms with Crippen molar-refractivity contribution in [3.05, 3.63) is 29.8 Å². The summed E-state index contributed by atoms with van der Waals surface area (Å²) >= 11 is 0. The molecule has 1 fully saturated rings. The number of nitrogens with one attached hydrogen (secondary N) is 1. The zero-order valence-corrected chi connectivity index (χ0v) is 13.8. The molecule has 4 nitrogen and oxygen atoms in total. The second-order valence-corrected chi connectivity index (χ2v) is 7.45. The standard InChI is InChI=1S/C16H25NO3S/c1-12(21(18)15-8-10-20-11-9-15)16(17-2)13-4-6-14(19-3)7-5-13/h4-7,12,15-17H,8-11H2,1-3H3. The third-order valence-electron chi connectivity index (χ3n) is 4.12. The fraction of sp³-hybridized carbons (Fsp3) is 0.625. The van der Waals surface area contributed by atoms with Crippen LogP contribution in [0, 0.1) is 0 Å². The highest BCUT2D eigenvalue weighted by Crippen LogP contribution is 2.26. The van der Waals surface area contributed by atoms with E-state index in [0.717, 1.165) is 37.4 Å². The molecule has 1 N–H and O–H groups in total. The third kappa shape index (κ3) is 4.05. The monoisotopic (exact) mass is 311 g/mol. The molecule has 1 saturated heterocycles. The molecule has 5 heteroatoms. The van der Waals surface area contributed by atoms with Gasteiger partial charge in [0.15, 0.2) is 0 Å². The lowest BCUT2D eigenvalue weighted by Gasteiger charge is -2.29. The predicted octanol–water partition coefficient (Wildman–Crippen LogP) is 2.27. The minimum Gasteiger partial charge on any atom is -0.497 e. The van der Waals surface area contributed by atoms with Crippen LogP contribution in [0.2, 0.25) is 0 Å². The van der Waals surface area contributed by atoms with Crippen molar-refractivity contribution in [1.29, 1.82) is 0 Å². The molecular formula is C16H25NO3S. The molecule has 2 rings (SSSR count). The number of benzene rings is 1. The minimum atomic E-state index is -0.863. The van der Waals surface area contributed by atoms with E-state index in [1.807, 2.05) is 31.3 Å². The Morgan fingerprint density at radius 2 is 1.90 bits per heavy atom. The molecule has 0 aromatic heterocycles. The van der Waals surface area contributed by atoms with Crippen molar-refractivity contribution in [2.45, 2.75) is 36.3 Å². The summed E-state index contributed by atoms with van der Waals surface area (Å²) in [7, 11) is 2.72. The number of hydrogen-bond acceptors (Lipinski definition) is 4. The zero-order valence-electron chi connectivity index (χ0n) is 13.0. The van der Waals surface area contributed by atoms with Gasteiger partial charge in [-0.2, -0.15) is 0 Å². The van der Waals surface area contributed by atoms with Crippen LogP contribution in [-0.4, -0.2) is 42.1 Å². The van der Waals surface area contributed by atoms with Crippen molar-refractivity contribution in [3.63, 3.8) is 0 Å². The van der Waals surface area contributed by atoms with Crippen LogP contribution in [-0.2, 0) is 15.5 Å². The van der Waals surface area contributed by atoms with Gasteiger partial charge in [-0.15, -0.1) is 0 Å². The van der Waals surface area contributed by atoms with Crippen LogP contribution in [0.5, 0.6) is 5.75 Å². The lowest BCUT2D eigenvalue weighted by Crippen LogP contribution is -2.37. The molecule has 1 aliphatic heterocycles. The first kappa shape index (κ1) is 16.5. The number of ether oxygens (including phenoxy) is 2. The molecule has 0 aliphatic carbocycles. The average molecular weight is 311 g/mol. The number of rotatable bonds is 6. The highest BCUT2D eigenvalue weighted by molar-refractivity contribution is 7.86. The Labute approximate surface area is 129 Å². The van der Waals surface area contributed by atoms with Crippen LogP contribution in [0.25, 0.3) is 0 Å². The van der Waals surface area contributed by atoms with E-state index in [-0.39, 0.29) is 16.5 Å². The number of hydrogen-bond donors (Lipinski definition) is 1. The first-order chi connectivity index (χ1) is 10.2. The molecule has 0 radical (unpaired) electrons. The minimum absolute atomic E-state index is 0.0616. The Balaban J connectivity index is 2.09. The average Bonchev–Trinajstić information content (AvgIpc) is 2.56. The van der Waals surface area contributed by atoms with Crippen molar-refractivity contribution in [2.24, 2.45) is 0 Å². The summed E-state index contributed by atoms with van der Waals surface area (Å²) in [5, 5.41) is 3.62. The van der Waals surface area contributed by atoms with E-state index in [9.17, 15) is 4.21 Å². The maximum absolute atomic E-state index is 12.8. The predicted molar refractivity (Wildman–Crippen MR) is 86.2 cm³/mol. The van der Waals surface area contributed by atoms with Crippen LogP contribution >= 0.6 is 0 Å². The molecule has 0 spiro atoms. The third-order valence-corrected chi connectivity index (χ3v) is 6.25. The van der Waals surface area contributed by atoms with Gasteiger partial charge in [-0.3, -0.25) is 4.21 Å². The molecule has 21 heavy (non-hydrogen) atoms. The van der Waals surface area contributed by atoms with Gasteiger partial charge in [0.1, 0.15) is 5.75 Å². The van der Waals surface area contributed by atoms with Crippen LogP contribution in [0.3, 0.4) is 0 Å². The van der Waals surface area contributed by atoms with E-state index in [1.165, 1.54) is 0 Å². The fourth-order valence-corrected chi connectivity index (χ4v) is 4.66. The van der Waals surface area contributed by atoms with E-state index >= 15 is 0 Å². The maximum atomic E-state index is 12.8. The van der Waals surface area contributed by atoms with Crippen LogP contribution < -0.4 is 10.1 Å². The van der Waals surface area contributed by atoms with Crippen molar-refractivity contribution in [1.82, 2.24) is 5.32 Å². The van der Waals surface area contributed by atoms with Gasteiger partial charge in [-0.1, -0.05) is 12.1 Å². The quantitative estimate of drug-likeness (QED) is 0.875. The van der Waals surface area contributed by atoms with Crippen molar-refractivity contribution in [3.8, 4) is 5.75 Å². The molecule has 3 unspecified atom stereocenters. The second kappa shape index (κ2) is 7.92. The van der Waals surface area contributed by atoms with E-state index in [0.29, 0.717) is 0 Å². The molecule has 0 bridgehead atoms. The van der Waals surface area contributed by atoms with Crippen LogP contribution in [0.15, 0.2) is 24.3 Å². The van der Waals surface area contributed by atoms with Gasteiger partial charge in [0.2, 0.25) is 0 Å². The molecule has 1 aromatic rings.